The molecule has 1 N–H and O–H groups in total. The van der Waals surface area contributed by atoms with Crippen LogP contribution in [0.2, 0.25) is 0 Å². The highest BCUT2D eigenvalue weighted by molar-refractivity contribution is 9.10. The molecule has 0 bridgehead atoms. The first-order chi connectivity index (χ1) is 7.54. The molecule has 0 saturated carbocycles. The number of rotatable bonds is 5. The number of ether oxygens (including phenoxy) is 1. The van der Waals surface area contributed by atoms with E-state index in [0.717, 1.165) is 17.5 Å². The Morgan fingerprint density at radius 2 is 2.06 bits per heavy atom. The fourth-order valence-electron chi connectivity index (χ4n) is 1.71. The van der Waals surface area contributed by atoms with Crippen molar-refractivity contribution < 1.29 is 4.74 Å². The molecule has 0 amide bonds. The summed E-state index contributed by atoms with van der Waals surface area (Å²) in [7, 11) is 1.74. The van der Waals surface area contributed by atoms with Crippen LogP contribution in [0.5, 0.6) is 0 Å². The maximum atomic E-state index is 5.08. The van der Waals surface area contributed by atoms with Crippen LogP contribution in [0.1, 0.15) is 24.5 Å². The molecular weight excluding hydrogens is 266 g/mol. The molecule has 0 spiro atoms. The molecule has 0 fully saturated rings. The van der Waals surface area contributed by atoms with Crippen molar-refractivity contribution in [2.45, 2.75) is 33.2 Å². The lowest BCUT2D eigenvalue weighted by Crippen LogP contribution is -2.18. The molecule has 90 valence electrons. The van der Waals surface area contributed by atoms with Gasteiger partial charge < -0.3 is 10.1 Å². The summed E-state index contributed by atoms with van der Waals surface area (Å²) in [6.45, 7) is 7.19. The minimum atomic E-state index is 0.414. The molecule has 1 unspecified atom stereocenters. The Hall–Kier alpha value is -0.540. The second kappa shape index (κ2) is 6.26. The molecule has 16 heavy (non-hydrogen) atoms. The number of hydrogen-bond donors (Lipinski definition) is 1. The van der Waals surface area contributed by atoms with E-state index in [1.165, 1.54) is 16.8 Å². The van der Waals surface area contributed by atoms with Crippen LogP contribution in [0.4, 0.5) is 5.69 Å². The first-order valence-electron chi connectivity index (χ1n) is 5.56. The Morgan fingerprint density at radius 3 is 2.62 bits per heavy atom. The van der Waals surface area contributed by atoms with Gasteiger partial charge in [0.05, 0.1) is 5.69 Å². The van der Waals surface area contributed by atoms with Gasteiger partial charge in [0.2, 0.25) is 0 Å². The summed E-state index contributed by atoms with van der Waals surface area (Å²) in [6.07, 6.45) is 1.01. The van der Waals surface area contributed by atoms with Gasteiger partial charge in [-0.15, -0.1) is 0 Å². The lowest BCUT2D eigenvalue weighted by atomic mass is 10.1. The van der Waals surface area contributed by atoms with E-state index >= 15 is 0 Å². The topological polar surface area (TPSA) is 21.3 Å². The first-order valence-corrected chi connectivity index (χ1v) is 6.36. The lowest BCUT2D eigenvalue weighted by Gasteiger charge is -2.18. The highest BCUT2D eigenvalue weighted by Crippen LogP contribution is 2.28. The molecule has 0 aliphatic carbocycles. The standard InChI is InChI=1S/C13H20BrNO/c1-9-7-10(2)13(12(14)8-9)15-11(3)5-6-16-4/h7-8,11,15H,5-6H2,1-4H3. The van der Waals surface area contributed by atoms with Gasteiger partial charge in [-0.1, -0.05) is 6.07 Å². The average Bonchev–Trinajstić information content (AvgIpc) is 2.20. The zero-order valence-corrected chi connectivity index (χ0v) is 12.0. The second-order valence-corrected chi connectivity index (χ2v) is 5.12. The van der Waals surface area contributed by atoms with Crippen LogP contribution >= 0.6 is 15.9 Å². The Labute approximate surface area is 107 Å². The minimum absolute atomic E-state index is 0.414. The third kappa shape index (κ3) is 3.80. The summed E-state index contributed by atoms with van der Waals surface area (Å²) in [5.41, 5.74) is 3.74. The maximum absolute atomic E-state index is 5.08. The van der Waals surface area contributed by atoms with Gasteiger partial charge in [-0.3, -0.25) is 0 Å². The quantitative estimate of drug-likeness (QED) is 0.886. The highest BCUT2D eigenvalue weighted by Gasteiger charge is 2.08. The zero-order valence-electron chi connectivity index (χ0n) is 10.4. The second-order valence-electron chi connectivity index (χ2n) is 4.27. The van der Waals surface area contributed by atoms with Crippen molar-refractivity contribution in [1.29, 1.82) is 0 Å². The van der Waals surface area contributed by atoms with Gasteiger partial charge in [0, 0.05) is 24.2 Å². The molecule has 0 radical (unpaired) electrons. The molecule has 0 saturated heterocycles. The fraction of sp³-hybridized carbons (Fsp3) is 0.538. The van der Waals surface area contributed by atoms with E-state index in [2.05, 4.69) is 54.2 Å². The molecule has 1 rings (SSSR count). The molecule has 0 aliphatic rings. The van der Waals surface area contributed by atoms with Crippen molar-refractivity contribution >= 4 is 21.6 Å². The fourth-order valence-corrected chi connectivity index (χ4v) is 2.50. The van der Waals surface area contributed by atoms with Crippen molar-refractivity contribution in [3.63, 3.8) is 0 Å². The van der Waals surface area contributed by atoms with E-state index < -0.39 is 0 Å². The van der Waals surface area contributed by atoms with Gasteiger partial charge in [-0.05, 0) is 60.3 Å². The van der Waals surface area contributed by atoms with Crippen molar-refractivity contribution in [3.05, 3.63) is 27.7 Å². The van der Waals surface area contributed by atoms with Crippen molar-refractivity contribution in [1.82, 2.24) is 0 Å². The van der Waals surface area contributed by atoms with Gasteiger partial charge in [-0.25, -0.2) is 0 Å². The third-order valence-corrected chi connectivity index (χ3v) is 3.20. The van der Waals surface area contributed by atoms with Crippen molar-refractivity contribution in [2.75, 3.05) is 19.0 Å². The van der Waals surface area contributed by atoms with Crippen LogP contribution in [-0.4, -0.2) is 19.8 Å². The molecule has 2 nitrogen and oxygen atoms in total. The number of aryl methyl sites for hydroxylation is 2. The van der Waals surface area contributed by atoms with E-state index in [1.54, 1.807) is 7.11 Å². The summed E-state index contributed by atoms with van der Waals surface area (Å²) in [6, 6.07) is 4.74. The highest BCUT2D eigenvalue weighted by atomic mass is 79.9. The van der Waals surface area contributed by atoms with E-state index in [9.17, 15) is 0 Å². The predicted molar refractivity (Wildman–Crippen MR) is 73.2 cm³/mol. The van der Waals surface area contributed by atoms with Crippen LogP contribution < -0.4 is 5.32 Å². The van der Waals surface area contributed by atoms with Crippen LogP contribution in [0.3, 0.4) is 0 Å². The summed E-state index contributed by atoms with van der Waals surface area (Å²) in [5.74, 6) is 0. The molecule has 0 aliphatic heterocycles. The van der Waals surface area contributed by atoms with Gasteiger partial charge in [-0.2, -0.15) is 0 Å². The van der Waals surface area contributed by atoms with Crippen molar-refractivity contribution in [3.8, 4) is 0 Å². The molecule has 1 aromatic carbocycles. The number of methoxy groups -OCH3 is 1. The lowest BCUT2D eigenvalue weighted by molar-refractivity contribution is 0.191. The van der Waals surface area contributed by atoms with E-state index in [0.29, 0.717) is 6.04 Å². The first kappa shape index (κ1) is 13.5. The number of nitrogens with one attached hydrogen (secondary N) is 1. The van der Waals surface area contributed by atoms with Gasteiger partial charge in [0.25, 0.3) is 0 Å². The molecule has 0 heterocycles. The Morgan fingerprint density at radius 1 is 1.38 bits per heavy atom. The summed E-state index contributed by atoms with van der Waals surface area (Å²) in [4.78, 5) is 0. The average molecular weight is 286 g/mol. The number of hydrogen-bond acceptors (Lipinski definition) is 2. The normalized spacial score (nSPS) is 12.6. The minimum Gasteiger partial charge on any atom is -0.385 e. The summed E-state index contributed by atoms with van der Waals surface area (Å²) < 4.78 is 6.21. The smallest absolute Gasteiger partial charge is 0.0516 e. The van der Waals surface area contributed by atoms with Crippen LogP contribution in [-0.2, 0) is 4.74 Å². The maximum Gasteiger partial charge on any atom is 0.0516 e. The molecular formula is C13H20BrNO. The van der Waals surface area contributed by atoms with E-state index in [1.807, 2.05) is 0 Å². The molecule has 1 aromatic rings. The SMILES string of the molecule is COCCC(C)Nc1c(C)cc(C)cc1Br. The Balaban J connectivity index is 2.73. The summed E-state index contributed by atoms with van der Waals surface area (Å²) >= 11 is 3.60. The van der Waals surface area contributed by atoms with E-state index in [4.69, 9.17) is 4.74 Å². The predicted octanol–water partition coefficient (Wildman–Crippen LogP) is 3.90. The van der Waals surface area contributed by atoms with Crippen LogP contribution in [0.15, 0.2) is 16.6 Å². The number of benzene rings is 1. The van der Waals surface area contributed by atoms with Gasteiger partial charge in [0.1, 0.15) is 0 Å². The molecule has 1 atom stereocenters. The van der Waals surface area contributed by atoms with Crippen molar-refractivity contribution in [2.24, 2.45) is 0 Å². The van der Waals surface area contributed by atoms with Gasteiger partial charge >= 0.3 is 0 Å². The zero-order chi connectivity index (χ0) is 12.1. The molecule has 0 aromatic heterocycles. The van der Waals surface area contributed by atoms with Crippen LogP contribution in [0, 0.1) is 13.8 Å². The van der Waals surface area contributed by atoms with E-state index in [-0.39, 0.29) is 0 Å². The number of anilines is 1. The third-order valence-electron chi connectivity index (χ3n) is 2.58. The van der Waals surface area contributed by atoms with Gasteiger partial charge in [0.15, 0.2) is 0 Å². The Kier molecular flexibility index (Phi) is 5.29. The largest absolute Gasteiger partial charge is 0.385 e. The van der Waals surface area contributed by atoms with Crippen LogP contribution in [0.25, 0.3) is 0 Å². The monoisotopic (exact) mass is 285 g/mol. The Bertz CT molecular complexity index is 329. The summed E-state index contributed by atoms with van der Waals surface area (Å²) in [5, 5.41) is 3.51. The molecule has 3 heteroatoms. The number of halogens is 1.